The number of hydrogen-bond donors (Lipinski definition) is 0. The van der Waals surface area contributed by atoms with Crippen LogP contribution in [0.5, 0.6) is 5.75 Å². The number of benzene rings is 1. The summed E-state index contributed by atoms with van der Waals surface area (Å²) in [5.41, 5.74) is 1.04. The number of hydrogen-bond acceptors (Lipinski definition) is 2. The predicted molar refractivity (Wildman–Crippen MR) is 73.1 cm³/mol. The Hall–Kier alpha value is -1.02. The third-order valence-corrected chi connectivity index (χ3v) is 3.31. The van der Waals surface area contributed by atoms with Crippen molar-refractivity contribution >= 4 is 17.6 Å². The van der Waals surface area contributed by atoms with Gasteiger partial charge in [0.2, 0.25) is 0 Å². The minimum atomic E-state index is -0.225. The molecule has 0 saturated heterocycles. The largest absolute Gasteiger partial charge is 0.425 e. The zero-order valence-electron chi connectivity index (χ0n) is 11.1. The van der Waals surface area contributed by atoms with Crippen molar-refractivity contribution < 1.29 is 9.53 Å². The number of esters is 1. The Labute approximate surface area is 113 Å². The molecule has 1 aromatic rings. The second-order valence-corrected chi connectivity index (χ2v) is 6.52. The van der Waals surface area contributed by atoms with Crippen LogP contribution in [0.15, 0.2) is 18.2 Å². The van der Waals surface area contributed by atoms with Crippen molar-refractivity contribution in [3.8, 4) is 5.75 Å². The highest BCUT2D eigenvalue weighted by Gasteiger charge is 2.27. The van der Waals surface area contributed by atoms with Crippen molar-refractivity contribution in [2.75, 3.05) is 0 Å². The van der Waals surface area contributed by atoms with Gasteiger partial charge in [0.15, 0.2) is 0 Å². The van der Waals surface area contributed by atoms with Gasteiger partial charge < -0.3 is 4.74 Å². The average Bonchev–Trinajstić information content (AvgIpc) is 3.02. The summed E-state index contributed by atoms with van der Waals surface area (Å²) in [6.45, 7) is 6.03. The second-order valence-electron chi connectivity index (χ2n) is 6.15. The first-order valence-corrected chi connectivity index (χ1v) is 6.74. The highest BCUT2D eigenvalue weighted by atomic mass is 35.5. The van der Waals surface area contributed by atoms with Gasteiger partial charge in [0, 0.05) is 0 Å². The first-order valence-electron chi connectivity index (χ1n) is 6.36. The lowest BCUT2D eigenvalue weighted by molar-refractivity contribution is -0.136. The van der Waals surface area contributed by atoms with E-state index < -0.39 is 0 Å². The van der Waals surface area contributed by atoms with Crippen molar-refractivity contribution in [2.45, 2.75) is 46.0 Å². The Morgan fingerprint density at radius 2 is 2.06 bits per heavy atom. The molecule has 0 aliphatic heterocycles. The maximum atomic E-state index is 11.8. The van der Waals surface area contributed by atoms with E-state index in [1.807, 2.05) is 32.9 Å². The Kier molecular flexibility index (Phi) is 3.67. The van der Waals surface area contributed by atoms with Gasteiger partial charge in [0.1, 0.15) is 5.75 Å². The Bertz CT molecular complexity index is 456. The van der Waals surface area contributed by atoms with Crippen LogP contribution in [-0.4, -0.2) is 5.97 Å². The van der Waals surface area contributed by atoms with Gasteiger partial charge in [-0.2, -0.15) is 0 Å². The van der Waals surface area contributed by atoms with E-state index in [0.29, 0.717) is 23.1 Å². The van der Waals surface area contributed by atoms with Crippen LogP contribution in [0, 0.1) is 5.41 Å². The van der Waals surface area contributed by atoms with Gasteiger partial charge in [-0.3, -0.25) is 4.79 Å². The molecule has 0 amide bonds. The minimum Gasteiger partial charge on any atom is -0.425 e. The lowest BCUT2D eigenvalue weighted by Gasteiger charge is -2.17. The molecule has 0 spiro atoms. The molecule has 0 N–H and O–H groups in total. The molecule has 0 atom stereocenters. The van der Waals surface area contributed by atoms with Gasteiger partial charge in [0.05, 0.1) is 11.4 Å². The monoisotopic (exact) mass is 266 g/mol. The van der Waals surface area contributed by atoms with Crippen LogP contribution in [0.4, 0.5) is 0 Å². The smallest absolute Gasteiger partial charge is 0.311 e. The number of carbonyl (C=O) groups excluding carboxylic acids is 1. The van der Waals surface area contributed by atoms with Gasteiger partial charge in [-0.25, -0.2) is 0 Å². The van der Waals surface area contributed by atoms with Crippen LogP contribution in [0.2, 0.25) is 5.02 Å². The summed E-state index contributed by atoms with van der Waals surface area (Å²) in [4.78, 5) is 11.8. The molecule has 0 unspecified atom stereocenters. The van der Waals surface area contributed by atoms with Crippen molar-refractivity contribution in [3.63, 3.8) is 0 Å². The summed E-state index contributed by atoms with van der Waals surface area (Å²) < 4.78 is 5.37. The zero-order valence-corrected chi connectivity index (χ0v) is 11.9. The van der Waals surface area contributed by atoms with E-state index in [4.69, 9.17) is 16.3 Å². The number of rotatable bonds is 3. The van der Waals surface area contributed by atoms with Crippen molar-refractivity contribution in [1.82, 2.24) is 0 Å². The molecule has 0 heterocycles. The molecule has 2 rings (SSSR count). The first kappa shape index (κ1) is 13.4. The molecular formula is C15H19ClO2. The molecular weight excluding hydrogens is 248 g/mol. The summed E-state index contributed by atoms with van der Waals surface area (Å²) in [5.74, 6) is 0.825. The van der Waals surface area contributed by atoms with Crippen molar-refractivity contribution in [1.29, 1.82) is 0 Å². The molecule has 98 valence electrons. The van der Waals surface area contributed by atoms with E-state index in [9.17, 15) is 4.79 Å². The molecule has 18 heavy (non-hydrogen) atoms. The molecule has 1 aliphatic rings. The molecule has 1 aliphatic carbocycles. The van der Waals surface area contributed by atoms with Crippen molar-refractivity contribution in [3.05, 3.63) is 28.8 Å². The second kappa shape index (κ2) is 4.93. The zero-order chi connectivity index (χ0) is 13.3. The van der Waals surface area contributed by atoms with Crippen LogP contribution in [-0.2, 0) is 4.79 Å². The molecule has 1 fully saturated rings. The topological polar surface area (TPSA) is 26.3 Å². The van der Waals surface area contributed by atoms with E-state index in [-0.39, 0.29) is 11.4 Å². The summed E-state index contributed by atoms with van der Waals surface area (Å²) in [7, 11) is 0. The maximum Gasteiger partial charge on any atom is 0.311 e. The van der Waals surface area contributed by atoms with Gasteiger partial charge in [-0.15, -0.1) is 0 Å². The first-order chi connectivity index (χ1) is 8.37. The maximum absolute atomic E-state index is 11.8. The molecule has 0 radical (unpaired) electrons. The third kappa shape index (κ3) is 3.49. The lowest BCUT2D eigenvalue weighted by atomic mass is 9.92. The van der Waals surface area contributed by atoms with E-state index in [0.717, 1.165) is 5.56 Å². The van der Waals surface area contributed by atoms with E-state index in [1.165, 1.54) is 12.8 Å². The van der Waals surface area contributed by atoms with Gasteiger partial charge in [0.25, 0.3) is 0 Å². The SMILES string of the molecule is CC(C)(C)CC(=O)Oc1cccc(C2CC2)c1Cl. The van der Waals surface area contributed by atoms with Gasteiger partial charge in [-0.05, 0) is 35.8 Å². The van der Waals surface area contributed by atoms with Gasteiger partial charge >= 0.3 is 5.97 Å². The van der Waals surface area contributed by atoms with Crippen LogP contribution < -0.4 is 4.74 Å². The molecule has 1 aromatic carbocycles. The normalized spacial score (nSPS) is 15.6. The van der Waals surface area contributed by atoms with Gasteiger partial charge in [-0.1, -0.05) is 44.5 Å². The van der Waals surface area contributed by atoms with E-state index >= 15 is 0 Å². The molecule has 0 aromatic heterocycles. The standard InChI is InChI=1S/C15H19ClO2/c1-15(2,3)9-13(17)18-12-6-4-5-11(14(12)16)10-7-8-10/h4-6,10H,7-9H2,1-3H3. The van der Waals surface area contributed by atoms with Crippen LogP contribution in [0.3, 0.4) is 0 Å². The highest BCUT2D eigenvalue weighted by molar-refractivity contribution is 6.33. The highest BCUT2D eigenvalue weighted by Crippen LogP contribution is 2.45. The summed E-state index contributed by atoms with van der Waals surface area (Å²) in [6, 6.07) is 5.68. The Morgan fingerprint density at radius 3 is 2.61 bits per heavy atom. The van der Waals surface area contributed by atoms with E-state index in [2.05, 4.69) is 0 Å². The number of ether oxygens (including phenoxy) is 1. The fourth-order valence-electron chi connectivity index (χ4n) is 1.91. The third-order valence-electron chi connectivity index (χ3n) is 2.91. The van der Waals surface area contributed by atoms with E-state index in [1.54, 1.807) is 6.07 Å². The Balaban J connectivity index is 2.09. The molecule has 2 nitrogen and oxygen atoms in total. The lowest BCUT2D eigenvalue weighted by Crippen LogP contribution is -2.17. The average molecular weight is 267 g/mol. The Morgan fingerprint density at radius 1 is 1.39 bits per heavy atom. The fraction of sp³-hybridized carbons (Fsp3) is 0.533. The quantitative estimate of drug-likeness (QED) is 0.592. The predicted octanol–water partition coefficient (Wildman–Crippen LogP) is 4.56. The van der Waals surface area contributed by atoms with Crippen LogP contribution >= 0.6 is 11.6 Å². The van der Waals surface area contributed by atoms with Crippen molar-refractivity contribution in [2.24, 2.45) is 5.41 Å². The van der Waals surface area contributed by atoms with Crippen LogP contribution in [0.25, 0.3) is 0 Å². The number of halogens is 1. The summed E-state index contributed by atoms with van der Waals surface area (Å²) >= 11 is 6.28. The summed E-state index contributed by atoms with van der Waals surface area (Å²) in [6.07, 6.45) is 2.75. The molecule has 1 saturated carbocycles. The molecule has 3 heteroatoms. The minimum absolute atomic E-state index is 0.0718. The van der Waals surface area contributed by atoms with Crippen LogP contribution in [0.1, 0.15) is 51.5 Å². The fourth-order valence-corrected chi connectivity index (χ4v) is 2.23. The molecule has 0 bridgehead atoms. The summed E-state index contributed by atoms with van der Waals surface area (Å²) in [5, 5.41) is 0.599. The number of carbonyl (C=O) groups is 1.